The number of carbonyl (C=O) groups excluding carboxylic acids is 1. The molecule has 1 saturated carbocycles. The van der Waals surface area contributed by atoms with Crippen molar-refractivity contribution < 1.29 is 30.0 Å². The molecule has 1 saturated heterocycles. The zero-order valence-corrected chi connectivity index (χ0v) is 15.7. The molecule has 5 atom stereocenters. The summed E-state index contributed by atoms with van der Waals surface area (Å²) in [6.45, 7) is 1.71. The van der Waals surface area contributed by atoms with Gasteiger partial charge in [0.25, 0.3) is 0 Å². The first kappa shape index (κ1) is 21.6. The van der Waals surface area contributed by atoms with Gasteiger partial charge in [-0.2, -0.15) is 0 Å². The second-order valence-corrected chi connectivity index (χ2v) is 7.90. The SMILES string of the molecule is CCCCCC1CCC(CC(=O)N[C@@H]2O[C@H](CO)[C@@H](O)[C@H](O)[C@H]2O)CC1. The number of aliphatic hydroxyl groups is 4. The van der Waals surface area contributed by atoms with E-state index < -0.39 is 37.3 Å². The van der Waals surface area contributed by atoms with Crippen molar-refractivity contribution in [2.24, 2.45) is 11.8 Å². The van der Waals surface area contributed by atoms with Crippen molar-refractivity contribution in [2.45, 2.75) is 95.4 Å². The second kappa shape index (κ2) is 10.6. The molecular formula is C19H35NO6. The number of ether oxygens (including phenoxy) is 1. The Morgan fingerprint density at radius 3 is 2.27 bits per heavy atom. The third-order valence-corrected chi connectivity index (χ3v) is 5.85. The smallest absolute Gasteiger partial charge is 0.222 e. The second-order valence-electron chi connectivity index (χ2n) is 7.90. The van der Waals surface area contributed by atoms with E-state index in [1.807, 2.05) is 0 Å². The van der Waals surface area contributed by atoms with Crippen molar-refractivity contribution in [3.8, 4) is 0 Å². The molecular weight excluding hydrogens is 338 g/mol. The first-order valence-corrected chi connectivity index (χ1v) is 10.1. The summed E-state index contributed by atoms with van der Waals surface area (Å²) in [7, 11) is 0. The molecule has 2 fully saturated rings. The Morgan fingerprint density at radius 1 is 1.00 bits per heavy atom. The molecule has 0 radical (unpaired) electrons. The van der Waals surface area contributed by atoms with Gasteiger partial charge in [-0.25, -0.2) is 0 Å². The summed E-state index contributed by atoms with van der Waals surface area (Å²) < 4.78 is 5.32. The highest BCUT2D eigenvalue weighted by molar-refractivity contribution is 5.76. The molecule has 2 rings (SSSR count). The van der Waals surface area contributed by atoms with Crippen LogP contribution in [0.2, 0.25) is 0 Å². The van der Waals surface area contributed by atoms with E-state index in [1.54, 1.807) is 0 Å². The lowest BCUT2D eigenvalue weighted by atomic mass is 9.78. The van der Waals surface area contributed by atoms with Crippen LogP contribution in [-0.2, 0) is 9.53 Å². The van der Waals surface area contributed by atoms with Gasteiger partial charge >= 0.3 is 0 Å². The van der Waals surface area contributed by atoms with Crippen molar-refractivity contribution in [1.29, 1.82) is 0 Å². The number of amides is 1. The molecule has 1 aliphatic carbocycles. The van der Waals surface area contributed by atoms with E-state index in [2.05, 4.69) is 12.2 Å². The van der Waals surface area contributed by atoms with Crippen LogP contribution in [-0.4, -0.2) is 63.6 Å². The summed E-state index contributed by atoms with van der Waals surface area (Å²) in [5.41, 5.74) is 0. The summed E-state index contributed by atoms with van der Waals surface area (Å²) in [5, 5.41) is 41.3. The van der Waals surface area contributed by atoms with Gasteiger partial charge in [-0.05, 0) is 24.7 Å². The van der Waals surface area contributed by atoms with Crippen molar-refractivity contribution in [2.75, 3.05) is 6.61 Å². The van der Waals surface area contributed by atoms with E-state index in [9.17, 15) is 25.2 Å². The van der Waals surface area contributed by atoms with Gasteiger partial charge in [0, 0.05) is 6.42 Å². The predicted molar refractivity (Wildman–Crippen MR) is 96.1 cm³/mol. The van der Waals surface area contributed by atoms with Crippen LogP contribution in [0.5, 0.6) is 0 Å². The Balaban J connectivity index is 1.73. The third-order valence-electron chi connectivity index (χ3n) is 5.85. The van der Waals surface area contributed by atoms with Crippen molar-refractivity contribution in [3.63, 3.8) is 0 Å². The Bertz CT molecular complexity index is 424. The van der Waals surface area contributed by atoms with Gasteiger partial charge in [-0.1, -0.05) is 45.4 Å². The fraction of sp³-hybridized carbons (Fsp3) is 0.947. The van der Waals surface area contributed by atoms with Gasteiger partial charge in [0.2, 0.25) is 5.91 Å². The molecule has 0 aromatic rings. The van der Waals surface area contributed by atoms with E-state index >= 15 is 0 Å². The lowest BCUT2D eigenvalue weighted by Crippen LogP contribution is -2.63. The molecule has 0 bridgehead atoms. The number of nitrogens with one attached hydrogen (secondary N) is 1. The van der Waals surface area contributed by atoms with Gasteiger partial charge in [0.1, 0.15) is 24.4 Å². The molecule has 1 amide bonds. The largest absolute Gasteiger partial charge is 0.394 e. The van der Waals surface area contributed by atoms with Gasteiger partial charge in [0.05, 0.1) is 6.61 Å². The van der Waals surface area contributed by atoms with Gasteiger partial charge in [0.15, 0.2) is 6.23 Å². The summed E-state index contributed by atoms with van der Waals surface area (Å²) >= 11 is 0. The fourth-order valence-electron chi connectivity index (χ4n) is 4.11. The van der Waals surface area contributed by atoms with Crippen molar-refractivity contribution >= 4 is 5.91 Å². The van der Waals surface area contributed by atoms with Crippen LogP contribution in [0, 0.1) is 11.8 Å². The molecule has 0 spiro atoms. The Labute approximate surface area is 155 Å². The molecule has 0 aromatic heterocycles. The van der Waals surface area contributed by atoms with Crippen LogP contribution in [0.25, 0.3) is 0 Å². The lowest BCUT2D eigenvalue weighted by Gasteiger charge is -2.40. The quantitative estimate of drug-likeness (QED) is 0.399. The molecule has 1 heterocycles. The minimum Gasteiger partial charge on any atom is -0.394 e. The third kappa shape index (κ3) is 5.89. The Hall–Kier alpha value is -0.730. The molecule has 0 unspecified atom stereocenters. The molecule has 5 N–H and O–H groups in total. The van der Waals surface area contributed by atoms with Crippen LogP contribution in [0.1, 0.15) is 64.7 Å². The van der Waals surface area contributed by atoms with Crippen molar-refractivity contribution in [1.82, 2.24) is 5.32 Å². The molecule has 7 nitrogen and oxygen atoms in total. The maximum atomic E-state index is 12.3. The average molecular weight is 373 g/mol. The van der Waals surface area contributed by atoms with E-state index in [-0.39, 0.29) is 5.91 Å². The molecule has 26 heavy (non-hydrogen) atoms. The summed E-state index contributed by atoms with van der Waals surface area (Å²) in [5.74, 6) is 0.886. The molecule has 2 aliphatic rings. The number of rotatable bonds is 8. The first-order chi connectivity index (χ1) is 12.5. The normalized spacial score (nSPS) is 38.1. The molecule has 7 heteroatoms. The zero-order valence-electron chi connectivity index (χ0n) is 15.7. The number of hydrogen-bond donors (Lipinski definition) is 5. The van der Waals surface area contributed by atoms with Gasteiger partial charge < -0.3 is 30.5 Å². The lowest BCUT2D eigenvalue weighted by molar-refractivity contribution is -0.236. The standard InChI is InChI=1S/C19H35NO6/c1-2-3-4-5-12-6-8-13(9-7-12)10-15(22)20-19-18(25)17(24)16(23)14(11-21)26-19/h12-14,16-19,21,23-25H,2-11H2,1H3,(H,20,22)/t12?,13?,14-,16-,17+,18-,19-/m1/s1. The molecule has 1 aliphatic heterocycles. The Morgan fingerprint density at radius 2 is 1.65 bits per heavy atom. The number of hydrogen-bond acceptors (Lipinski definition) is 6. The summed E-state index contributed by atoms with van der Waals surface area (Å²) in [6.07, 6.45) is 3.48. The van der Waals surface area contributed by atoms with Gasteiger partial charge in [-0.15, -0.1) is 0 Å². The van der Waals surface area contributed by atoms with Crippen LogP contribution in [0.3, 0.4) is 0 Å². The van der Waals surface area contributed by atoms with Crippen LogP contribution >= 0.6 is 0 Å². The van der Waals surface area contributed by atoms with Crippen LogP contribution < -0.4 is 5.32 Å². The Kier molecular flexibility index (Phi) is 8.76. The topological polar surface area (TPSA) is 119 Å². The number of carbonyl (C=O) groups is 1. The monoisotopic (exact) mass is 373 g/mol. The number of unbranched alkanes of at least 4 members (excludes halogenated alkanes) is 2. The van der Waals surface area contributed by atoms with E-state index in [4.69, 9.17) is 4.74 Å². The molecule has 0 aromatic carbocycles. The zero-order chi connectivity index (χ0) is 19.1. The highest BCUT2D eigenvalue weighted by Crippen LogP contribution is 2.33. The minimum atomic E-state index is -1.47. The van der Waals surface area contributed by atoms with Gasteiger partial charge in [-0.3, -0.25) is 4.79 Å². The molecule has 152 valence electrons. The predicted octanol–water partition coefficient (Wildman–Crippen LogP) is 0.679. The van der Waals surface area contributed by atoms with E-state index in [0.717, 1.165) is 18.8 Å². The fourth-order valence-corrected chi connectivity index (χ4v) is 4.11. The average Bonchev–Trinajstić information content (AvgIpc) is 2.64. The maximum absolute atomic E-state index is 12.3. The van der Waals surface area contributed by atoms with E-state index in [1.165, 1.54) is 38.5 Å². The summed E-state index contributed by atoms with van der Waals surface area (Å²) in [4.78, 5) is 12.3. The highest BCUT2D eigenvalue weighted by atomic mass is 16.6. The van der Waals surface area contributed by atoms with Crippen LogP contribution in [0.15, 0.2) is 0 Å². The highest BCUT2D eigenvalue weighted by Gasteiger charge is 2.44. The van der Waals surface area contributed by atoms with Crippen LogP contribution in [0.4, 0.5) is 0 Å². The number of aliphatic hydroxyl groups excluding tert-OH is 4. The van der Waals surface area contributed by atoms with E-state index in [0.29, 0.717) is 12.3 Å². The summed E-state index contributed by atoms with van der Waals surface area (Å²) in [6, 6.07) is 0. The van der Waals surface area contributed by atoms with Crippen molar-refractivity contribution in [3.05, 3.63) is 0 Å². The minimum absolute atomic E-state index is 0.233. The first-order valence-electron chi connectivity index (χ1n) is 10.1. The maximum Gasteiger partial charge on any atom is 0.222 e.